The molecule has 1 aliphatic heterocycles. The molecule has 0 radical (unpaired) electrons. The zero-order valence-corrected chi connectivity index (χ0v) is 10.8. The SMILES string of the molecule is CCC1=[N+](C)[C@H](C)C[C@@H]1c1ccc(Cl)nc1. The zero-order valence-electron chi connectivity index (χ0n) is 10.1. The largest absolute Gasteiger partial charge is 0.244 e. The van der Waals surface area contributed by atoms with E-state index in [9.17, 15) is 0 Å². The van der Waals surface area contributed by atoms with Crippen molar-refractivity contribution in [3.05, 3.63) is 29.0 Å². The van der Waals surface area contributed by atoms with Gasteiger partial charge in [-0.25, -0.2) is 9.56 Å². The van der Waals surface area contributed by atoms with Gasteiger partial charge in [0.1, 0.15) is 12.2 Å². The summed E-state index contributed by atoms with van der Waals surface area (Å²) in [5.74, 6) is 0.523. The van der Waals surface area contributed by atoms with Crippen molar-refractivity contribution in [2.24, 2.45) is 0 Å². The highest BCUT2D eigenvalue weighted by Crippen LogP contribution is 2.30. The Morgan fingerprint density at radius 1 is 1.50 bits per heavy atom. The van der Waals surface area contributed by atoms with Gasteiger partial charge in [-0.15, -0.1) is 0 Å². The Hall–Kier alpha value is -0.890. The summed E-state index contributed by atoms with van der Waals surface area (Å²) in [6.07, 6.45) is 4.20. The normalized spacial score (nSPS) is 25.2. The van der Waals surface area contributed by atoms with Gasteiger partial charge in [-0.1, -0.05) is 24.6 Å². The maximum atomic E-state index is 5.82. The highest BCUT2D eigenvalue weighted by molar-refractivity contribution is 6.29. The first kappa shape index (κ1) is 11.6. The molecule has 0 N–H and O–H groups in total. The number of halogens is 1. The summed E-state index contributed by atoms with van der Waals surface area (Å²) in [7, 11) is 2.19. The van der Waals surface area contributed by atoms with E-state index in [0.29, 0.717) is 17.1 Å². The maximum absolute atomic E-state index is 5.82. The summed E-state index contributed by atoms with van der Waals surface area (Å²) in [5, 5.41) is 0.571. The minimum atomic E-state index is 0.523. The zero-order chi connectivity index (χ0) is 11.7. The van der Waals surface area contributed by atoms with Gasteiger partial charge in [0.2, 0.25) is 0 Å². The van der Waals surface area contributed by atoms with Crippen molar-refractivity contribution in [1.29, 1.82) is 0 Å². The number of hydrogen-bond donors (Lipinski definition) is 0. The molecule has 0 saturated carbocycles. The van der Waals surface area contributed by atoms with Gasteiger partial charge in [0.05, 0.1) is 5.92 Å². The average molecular weight is 238 g/mol. The number of aromatic nitrogens is 1. The van der Waals surface area contributed by atoms with Crippen LogP contribution in [-0.4, -0.2) is 28.4 Å². The van der Waals surface area contributed by atoms with Gasteiger partial charge in [0, 0.05) is 19.0 Å². The lowest BCUT2D eigenvalue weighted by atomic mass is 9.92. The Labute approximate surface area is 102 Å². The van der Waals surface area contributed by atoms with E-state index in [1.54, 1.807) is 0 Å². The van der Waals surface area contributed by atoms with E-state index < -0.39 is 0 Å². The molecule has 3 heteroatoms. The molecular formula is C13H18ClN2+. The van der Waals surface area contributed by atoms with Gasteiger partial charge in [-0.2, -0.15) is 0 Å². The molecule has 0 aromatic carbocycles. The Balaban J connectivity index is 2.32. The van der Waals surface area contributed by atoms with E-state index in [4.69, 9.17) is 11.6 Å². The van der Waals surface area contributed by atoms with Crippen molar-refractivity contribution in [3.63, 3.8) is 0 Å². The first-order valence-electron chi connectivity index (χ1n) is 5.83. The molecule has 0 aliphatic carbocycles. The van der Waals surface area contributed by atoms with Crippen LogP contribution in [-0.2, 0) is 0 Å². The molecule has 2 atom stereocenters. The van der Waals surface area contributed by atoms with Crippen molar-refractivity contribution in [3.8, 4) is 0 Å². The lowest BCUT2D eigenvalue weighted by Crippen LogP contribution is -2.17. The van der Waals surface area contributed by atoms with Crippen molar-refractivity contribution in [1.82, 2.24) is 4.98 Å². The number of rotatable bonds is 2. The molecule has 1 aliphatic rings. The molecule has 0 amide bonds. The van der Waals surface area contributed by atoms with Crippen molar-refractivity contribution in [2.75, 3.05) is 7.05 Å². The molecule has 1 aromatic heterocycles. The van der Waals surface area contributed by atoms with Crippen LogP contribution in [0, 0.1) is 0 Å². The molecule has 0 fully saturated rings. The highest BCUT2D eigenvalue weighted by atomic mass is 35.5. The van der Waals surface area contributed by atoms with Gasteiger partial charge in [0.15, 0.2) is 11.8 Å². The fourth-order valence-corrected chi connectivity index (χ4v) is 2.69. The summed E-state index contributed by atoms with van der Waals surface area (Å²) in [6.45, 7) is 4.50. The van der Waals surface area contributed by atoms with E-state index >= 15 is 0 Å². The van der Waals surface area contributed by atoms with Gasteiger partial charge in [0.25, 0.3) is 0 Å². The molecule has 0 saturated heterocycles. The maximum Gasteiger partial charge on any atom is 0.159 e. The van der Waals surface area contributed by atoms with Gasteiger partial charge in [-0.05, 0) is 18.6 Å². The first-order chi connectivity index (χ1) is 7.63. The van der Waals surface area contributed by atoms with Gasteiger partial charge >= 0.3 is 0 Å². The molecule has 1 aromatic rings. The second-order valence-electron chi connectivity index (χ2n) is 4.51. The fraction of sp³-hybridized carbons (Fsp3) is 0.538. The van der Waals surface area contributed by atoms with Gasteiger partial charge in [-0.3, -0.25) is 0 Å². The predicted molar refractivity (Wildman–Crippen MR) is 67.5 cm³/mol. The second kappa shape index (κ2) is 4.54. The van der Waals surface area contributed by atoms with Crippen LogP contribution in [0.4, 0.5) is 0 Å². The molecular weight excluding hydrogens is 220 g/mol. The smallest absolute Gasteiger partial charge is 0.159 e. The minimum absolute atomic E-state index is 0.523. The quantitative estimate of drug-likeness (QED) is 0.570. The van der Waals surface area contributed by atoms with E-state index in [1.165, 1.54) is 17.7 Å². The van der Waals surface area contributed by atoms with E-state index in [1.807, 2.05) is 12.3 Å². The van der Waals surface area contributed by atoms with Crippen LogP contribution in [0.1, 0.15) is 38.2 Å². The van der Waals surface area contributed by atoms with E-state index in [2.05, 4.69) is 36.5 Å². The fourth-order valence-electron chi connectivity index (χ4n) is 2.58. The van der Waals surface area contributed by atoms with Crippen LogP contribution >= 0.6 is 11.6 Å². The Kier molecular flexibility index (Phi) is 3.29. The highest BCUT2D eigenvalue weighted by Gasteiger charge is 2.35. The molecule has 0 bridgehead atoms. The molecule has 86 valence electrons. The third-order valence-electron chi connectivity index (χ3n) is 3.61. The Bertz CT molecular complexity index is 408. The topological polar surface area (TPSA) is 15.9 Å². The second-order valence-corrected chi connectivity index (χ2v) is 4.89. The number of nitrogens with zero attached hydrogens (tertiary/aromatic N) is 2. The third-order valence-corrected chi connectivity index (χ3v) is 3.83. The summed E-state index contributed by atoms with van der Waals surface area (Å²) < 4.78 is 2.40. The molecule has 2 nitrogen and oxygen atoms in total. The Morgan fingerprint density at radius 3 is 2.81 bits per heavy atom. The van der Waals surface area contributed by atoms with Crippen molar-refractivity contribution < 1.29 is 4.58 Å². The summed E-state index contributed by atoms with van der Waals surface area (Å²) in [4.78, 5) is 4.18. The lowest BCUT2D eigenvalue weighted by molar-refractivity contribution is -0.526. The van der Waals surface area contributed by atoms with Crippen molar-refractivity contribution >= 4 is 17.3 Å². The van der Waals surface area contributed by atoms with E-state index in [-0.39, 0.29) is 0 Å². The molecule has 0 spiro atoms. The molecule has 2 heterocycles. The first-order valence-corrected chi connectivity index (χ1v) is 6.21. The van der Waals surface area contributed by atoms with Crippen LogP contribution in [0.25, 0.3) is 0 Å². The van der Waals surface area contributed by atoms with Crippen LogP contribution < -0.4 is 0 Å². The molecule has 0 unspecified atom stereocenters. The van der Waals surface area contributed by atoms with Crippen LogP contribution in [0.3, 0.4) is 0 Å². The summed E-state index contributed by atoms with van der Waals surface area (Å²) >= 11 is 5.82. The van der Waals surface area contributed by atoms with Crippen LogP contribution in [0.15, 0.2) is 18.3 Å². The number of hydrogen-bond acceptors (Lipinski definition) is 1. The standard InChI is InChI=1S/C13H18ClN2/c1-4-12-11(7-9(2)16(12)3)10-5-6-13(14)15-8-10/h5-6,8-9,11H,4,7H2,1-3H3/q+1/t9-,11-/m1/s1. The van der Waals surface area contributed by atoms with Gasteiger partial charge < -0.3 is 0 Å². The molecule has 16 heavy (non-hydrogen) atoms. The third kappa shape index (κ3) is 1.99. The summed E-state index contributed by atoms with van der Waals surface area (Å²) in [5.41, 5.74) is 2.80. The average Bonchev–Trinajstić information content (AvgIpc) is 2.56. The summed E-state index contributed by atoms with van der Waals surface area (Å²) in [6, 6.07) is 4.60. The molecule has 2 rings (SSSR count). The monoisotopic (exact) mass is 237 g/mol. The lowest BCUT2D eigenvalue weighted by Gasteiger charge is -2.07. The van der Waals surface area contributed by atoms with Crippen LogP contribution in [0.5, 0.6) is 0 Å². The van der Waals surface area contributed by atoms with Crippen molar-refractivity contribution in [2.45, 2.75) is 38.6 Å². The van der Waals surface area contributed by atoms with E-state index in [0.717, 1.165) is 6.42 Å². The predicted octanol–water partition coefficient (Wildman–Crippen LogP) is 3.10. The Morgan fingerprint density at radius 2 is 2.25 bits per heavy atom. The van der Waals surface area contributed by atoms with Crippen LogP contribution in [0.2, 0.25) is 5.15 Å². The number of pyridine rings is 1. The minimum Gasteiger partial charge on any atom is -0.244 e.